The number of anilines is 1. The number of nitrogens with zero attached hydrogens (tertiary/aromatic N) is 2. The van der Waals surface area contributed by atoms with Crippen molar-refractivity contribution in [2.75, 3.05) is 5.73 Å². The molecule has 0 saturated heterocycles. The third-order valence-electron chi connectivity index (χ3n) is 5.37. The van der Waals surface area contributed by atoms with Crippen molar-refractivity contribution in [1.82, 2.24) is 14.9 Å². The number of carbonyl (C=O) groups is 1. The van der Waals surface area contributed by atoms with Gasteiger partial charge in [0.2, 0.25) is 0 Å². The molecule has 2 aromatic carbocycles. The number of amides is 1. The van der Waals surface area contributed by atoms with Crippen LogP contribution < -0.4 is 16.7 Å². The second-order valence-corrected chi connectivity index (χ2v) is 7.83. The van der Waals surface area contributed by atoms with Crippen LogP contribution in [0.3, 0.4) is 0 Å². The Balaban J connectivity index is 1.45. The molecule has 1 fully saturated rings. The minimum Gasteiger partial charge on any atom is -0.381 e. The van der Waals surface area contributed by atoms with E-state index in [1.165, 1.54) is 4.57 Å². The van der Waals surface area contributed by atoms with Crippen molar-refractivity contribution in [3.8, 4) is 11.1 Å². The lowest BCUT2D eigenvalue weighted by atomic mass is 10.0. The van der Waals surface area contributed by atoms with Gasteiger partial charge in [-0.05, 0) is 54.7 Å². The molecule has 1 amide bonds. The zero-order chi connectivity index (χ0) is 21.3. The van der Waals surface area contributed by atoms with Crippen molar-refractivity contribution >= 4 is 23.3 Å². The molecule has 154 valence electrons. The van der Waals surface area contributed by atoms with Crippen molar-refractivity contribution < 1.29 is 9.18 Å². The van der Waals surface area contributed by atoms with Crippen LogP contribution in [0.1, 0.15) is 35.7 Å². The van der Waals surface area contributed by atoms with Gasteiger partial charge in [-0.3, -0.25) is 9.36 Å². The Hall–Kier alpha value is -3.19. The predicted octanol–water partition coefficient (Wildman–Crippen LogP) is 3.81. The van der Waals surface area contributed by atoms with Crippen molar-refractivity contribution in [1.29, 1.82) is 0 Å². The largest absolute Gasteiger partial charge is 0.381 e. The topological polar surface area (TPSA) is 90.0 Å². The van der Waals surface area contributed by atoms with E-state index in [1.54, 1.807) is 18.2 Å². The quantitative estimate of drug-likeness (QED) is 0.663. The monoisotopic (exact) mass is 426 g/mol. The van der Waals surface area contributed by atoms with E-state index >= 15 is 0 Å². The minimum absolute atomic E-state index is 0.116. The minimum atomic E-state index is -0.721. The summed E-state index contributed by atoms with van der Waals surface area (Å²) in [5.41, 5.74) is 7.19. The molecule has 3 aromatic rings. The summed E-state index contributed by atoms with van der Waals surface area (Å²) in [5, 5.41) is 3.67. The maximum Gasteiger partial charge on any atom is 0.349 e. The number of hydrogen-bond acceptors (Lipinski definition) is 4. The van der Waals surface area contributed by atoms with E-state index in [0.717, 1.165) is 17.3 Å². The van der Waals surface area contributed by atoms with E-state index in [2.05, 4.69) is 10.3 Å². The van der Waals surface area contributed by atoms with Crippen LogP contribution in [0.4, 0.5) is 10.2 Å². The van der Waals surface area contributed by atoms with Gasteiger partial charge in [-0.25, -0.2) is 9.18 Å². The SMILES string of the molecule is Nc1nc(=O)n([C@H]2CC[C@H](NC(=O)c3cccc(-c4ccc(Cl)cc4)c3)C2)cc1F. The van der Waals surface area contributed by atoms with Crippen LogP contribution in [-0.4, -0.2) is 21.5 Å². The Kier molecular flexibility index (Phi) is 5.55. The first-order valence-corrected chi connectivity index (χ1v) is 9.99. The van der Waals surface area contributed by atoms with Crippen molar-refractivity contribution in [2.24, 2.45) is 0 Å². The van der Waals surface area contributed by atoms with Crippen LogP contribution in [0.2, 0.25) is 5.02 Å². The van der Waals surface area contributed by atoms with Gasteiger partial charge < -0.3 is 11.1 Å². The Bertz CT molecular complexity index is 1150. The molecule has 6 nitrogen and oxygen atoms in total. The molecular formula is C22H20ClFN4O2. The number of carbonyl (C=O) groups excluding carboxylic acids is 1. The highest BCUT2D eigenvalue weighted by Gasteiger charge is 2.28. The Morgan fingerprint density at radius 2 is 1.93 bits per heavy atom. The number of nitrogens with two attached hydrogens (primary N) is 1. The molecule has 1 aliphatic carbocycles. The van der Waals surface area contributed by atoms with E-state index in [9.17, 15) is 14.0 Å². The number of nitrogen functional groups attached to an aromatic ring is 1. The molecule has 0 unspecified atom stereocenters. The fraction of sp³-hybridized carbons (Fsp3) is 0.227. The molecule has 4 rings (SSSR count). The average Bonchev–Trinajstić information content (AvgIpc) is 3.19. The number of hydrogen-bond donors (Lipinski definition) is 2. The van der Waals surface area contributed by atoms with Crippen molar-refractivity contribution in [2.45, 2.75) is 31.3 Å². The highest BCUT2D eigenvalue weighted by molar-refractivity contribution is 6.30. The lowest BCUT2D eigenvalue weighted by Gasteiger charge is -2.16. The number of benzene rings is 2. The van der Waals surface area contributed by atoms with Crippen LogP contribution in [0.5, 0.6) is 0 Å². The summed E-state index contributed by atoms with van der Waals surface area (Å²) >= 11 is 5.94. The summed E-state index contributed by atoms with van der Waals surface area (Å²) in [6.45, 7) is 0. The zero-order valence-corrected chi connectivity index (χ0v) is 16.8. The van der Waals surface area contributed by atoms with Gasteiger partial charge in [-0.15, -0.1) is 0 Å². The number of halogens is 2. The lowest BCUT2D eigenvalue weighted by Crippen LogP contribution is -2.34. The molecule has 30 heavy (non-hydrogen) atoms. The maximum absolute atomic E-state index is 13.7. The molecule has 0 aliphatic heterocycles. The molecule has 0 spiro atoms. The van der Waals surface area contributed by atoms with Crippen LogP contribution >= 0.6 is 11.6 Å². The first-order valence-electron chi connectivity index (χ1n) is 9.62. The van der Waals surface area contributed by atoms with E-state index in [0.29, 0.717) is 29.8 Å². The van der Waals surface area contributed by atoms with Crippen LogP contribution in [0, 0.1) is 5.82 Å². The van der Waals surface area contributed by atoms with Gasteiger partial charge >= 0.3 is 5.69 Å². The van der Waals surface area contributed by atoms with E-state index in [4.69, 9.17) is 17.3 Å². The summed E-state index contributed by atoms with van der Waals surface area (Å²) in [4.78, 5) is 28.3. The summed E-state index contributed by atoms with van der Waals surface area (Å²) in [6.07, 6.45) is 2.94. The van der Waals surface area contributed by atoms with Gasteiger partial charge in [0.1, 0.15) is 0 Å². The summed E-state index contributed by atoms with van der Waals surface area (Å²) in [7, 11) is 0. The smallest absolute Gasteiger partial charge is 0.349 e. The van der Waals surface area contributed by atoms with Crippen LogP contribution in [-0.2, 0) is 0 Å². The Morgan fingerprint density at radius 3 is 2.70 bits per heavy atom. The first kappa shape index (κ1) is 20.1. The maximum atomic E-state index is 13.7. The number of nitrogens with one attached hydrogen (secondary N) is 1. The molecule has 2 atom stereocenters. The van der Waals surface area contributed by atoms with Gasteiger partial charge in [0, 0.05) is 28.9 Å². The second kappa shape index (κ2) is 8.28. The van der Waals surface area contributed by atoms with Gasteiger partial charge in [-0.2, -0.15) is 4.98 Å². The van der Waals surface area contributed by atoms with E-state index < -0.39 is 17.3 Å². The summed E-state index contributed by atoms with van der Waals surface area (Å²) in [5.74, 6) is -1.31. The fourth-order valence-electron chi connectivity index (χ4n) is 3.81. The van der Waals surface area contributed by atoms with Gasteiger partial charge in [0.05, 0.1) is 0 Å². The molecule has 3 N–H and O–H groups in total. The summed E-state index contributed by atoms with van der Waals surface area (Å²) < 4.78 is 15.0. The number of aromatic nitrogens is 2. The lowest BCUT2D eigenvalue weighted by molar-refractivity contribution is 0.0937. The Labute approximate surface area is 177 Å². The third-order valence-corrected chi connectivity index (χ3v) is 5.62. The van der Waals surface area contributed by atoms with E-state index in [1.807, 2.05) is 30.3 Å². The standard InChI is InChI=1S/C22H20ClFN4O2/c23-16-6-4-13(5-7-16)14-2-1-3-15(10-14)21(29)26-17-8-9-18(11-17)28-12-19(24)20(25)27-22(28)30/h1-7,10,12,17-18H,8-9,11H2,(H,26,29)(H2,25,27,30)/t17-,18-/m0/s1. The molecule has 1 saturated carbocycles. The molecule has 1 aliphatic rings. The van der Waals surface area contributed by atoms with Crippen LogP contribution in [0.25, 0.3) is 11.1 Å². The van der Waals surface area contributed by atoms with Gasteiger partial charge in [0.15, 0.2) is 11.6 Å². The molecule has 1 aromatic heterocycles. The summed E-state index contributed by atoms with van der Waals surface area (Å²) in [6, 6.07) is 14.4. The Morgan fingerprint density at radius 1 is 1.17 bits per heavy atom. The van der Waals surface area contributed by atoms with Crippen molar-refractivity contribution in [3.05, 3.63) is 81.6 Å². The number of rotatable bonds is 4. The molecular weight excluding hydrogens is 407 g/mol. The predicted molar refractivity (Wildman–Crippen MR) is 114 cm³/mol. The van der Waals surface area contributed by atoms with Crippen molar-refractivity contribution in [3.63, 3.8) is 0 Å². The normalized spacial score (nSPS) is 18.3. The van der Waals surface area contributed by atoms with Gasteiger partial charge in [0.25, 0.3) is 5.91 Å². The molecule has 0 radical (unpaired) electrons. The van der Waals surface area contributed by atoms with Crippen LogP contribution in [0.15, 0.2) is 59.5 Å². The highest BCUT2D eigenvalue weighted by atomic mass is 35.5. The fourth-order valence-corrected chi connectivity index (χ4v) is 3.94. The first-order chi connectivity index (χ1) is 14.4. The average molecular weight is 427 g/mol. The zero-order valence-electron chi connectivity index (χ0n) is 16.0. The molecule has 8 heteroatoms. The molecule has 0 bridgehead atoms. The third kappa shape index (κ3) is 4.21. The van der Waals surface area contributed by atoms with Gasteiger partial charge in [-0.1, -0.05) is 35.9 Å². The second-order valence-electron chi connectivity index (χ2n) is 7.39. The molecule has 1 heterocycles. The van der Waals surface area contributed by atoms with E-state index in [-0.39, 0.29) is 18.0 Å². The highest BCUT2D eigenvalue weighted by Crippen LogP contribution is 2.30.